The van der Waals surface area contributed by atoms with E-state index in [4.69, 9.17) is 4.74 Å². The number of nitro groups is 1. The van der Waals surface area contributed by atoms with Crippen molar-refractivity contribution in [2.45, 2.75) is 32.9 Å². The minimum Gasteiger partial charge on any atom is -0.444 e. The molecule has 1 aromatic rings. The molecule has 10 nitrogen and oxygen atoms in total. The number of hydrogen-bond donors (Lipinski definition) is 0. The maximum Gasteiger partial charge on any atom is 0.410 e. The molecule has 2 rings (SSSR count). The topological polar surface area (TPSA) is 115 Å². The molecule has 142 valence electrons. The summed E-state index contributed by atoms with van der Waals surface area (Å²) in [5, 5.41) is 10.8. The lowest BCUT2D eigenvalue weighted by atomic mass is 10.2. The number of pyridine rings is 1. The first-order chi connectivity index (χ1) is 12.1. The van der Waals surface area contributed by atoms with Gasteiger partial charge in [0.05, 0.1) is 11.1 Å². The van der Waals surface area contributed by atoms with E-state index in [2.05, 4.69) is 0 Å². The number of ether oxygens (including phenoxy) is 1. The summed E-state index contributed by atoms with van der Waals surface area (Å²) in [6.07, 6.45) is 0.622. The molecule has 0 spiro atoms. The van der Waals surface area contributed by atoms with E-state index in [1.807, 2.05) is 0 Å². The van der Waals surface area contributed by atoms with Crippen LogP contribution in [0.4, 0.5) is 10.5 Å². The van der Waals surface area contributed by atoms with Gasteiger partial charge in [-0.1, -0.05) is 0 Å². The van der Waals surface area contributed by atoms with Crippen LogP contribution in [-0.4, -0.2) is 63.1 Å². The third-order valence-electron chi connectivity index (χ3n) is 3.77. The Bertz CT molecular complexity index is 759. The van der Waals surface area contributed by atoms with Crippen LogP contribution < -0.4 is 5.56 Å². The highest BCUT2D eigenvalue weighted by Crippen LogP contribution is 2.12. The lowest BCUT2D eigenvalue weighted by molar-refractivity contribution is -0.385. The van der Waals surface area contributed by atoms with E-state index in [0.29, 0.717) is 26.2 Å². The summed E-state index contributed by atoms with van der Waals surface area (Å²) in [6.45, 7) is 6.32. The highest BCUT2D eigenvalue weighted by atomic mass is 16.6. The average Bonchev–Trinajstić information content (AvgIpc) is 2.55. The van der Waals surface area contributed by atoms with Crippen molar-refractivity contribution < 1.29 is 19.2 Å². The second-order valence-corrected chi connectivity index (χ2v) is 6.96. The Morgan fingerprint density at radius 2 is 1.73 bits per heavy atom. The molecular weight excluding hydrogens is 344 g/mol. The predicted molar refractivity (Wildman–Crippen MR) is 91.7 cm³/mol. The predicted octanol–water partition coefficient (Wildman–Crippen LogP) is 0.836. The van der Waals surface area contributed by atoms with Gasteiger partial charge in [-0.15, -0.1) is 0 Å². The second kappa shape index (κ2) is 7.54. The smallest absolute Gasteiger partial charge is 0.410 e. The number of hydrogen-bond acceptors (Lipinski definition) is 6. The zero-order chi connectivity index (χ0) is 19.5. The van der Waals surface area contributed by atoms with Crippen molar-refractivity contribution in [2.24, 2.45) is 0 Å². The van der Waals surface area contributed by atoms with Gasteiger partial charge in [0.25, 0.3) is 11.2 Å². The first-order valence-corrected chi connectivity index (χ1v) is 8.17. The molecule has 0 bridgehead atoms. The highest BCUT2D eigenvalue weighted by Gasteiger charge is 2.27. The summed E-state index contributed by atoms with van der Waals surface area (Å²) in [7, 11) is 0. The molecule has 0 saturated carbocycles. The van der Waals surface area contributed by atoms with Gasteiger partial charge >= 0.3 is 6.09 Å². The Balaban J connectivity index is 1.95. The van der Waals surface area contributed by atoms with Crippen molar-refractivity contribution in [3.63, 3.8) is 0 Å². The normalized spacial score (nSPS) is 14.9. The summed E-state index contributed by atoms with van der Waals surface area (Å²) >= 11 is 0. The van der Waals surface area contributed by atoms with Crippen LogP contribution in [0, 0.1) is 10.1 Å². The molecule has 0 unspecified atom stereocenters. The molecule has 0 aliphatic carbocycles. The van der Waals surface area contributed by atoms with E-state index in [1.165, 1.54) is 9.80 Å². The second-order valence-electron chi connectivity index (χ2n) is 6.96. The molecule has 0 aromatic carbocycles. The van der Waals surface area contributed by atoms with Crippen molar-refractivity contribution in [2.75, 3.05) is 26.2 Å². The maximum atomic E-state index is 12.4. The third kappa shape index (κ3) is 5.04. The lowest BCUT2D eigenvalue weighted by Gasteiger charge is -2.35. The standard InChI is InChI=1S/C16H22N4O6/c1-16(2,3)26-15(23)18-8-6-17(7-9-18)14(22)11-19-10-12(20(24)25)4-5-13(19)21/h4-5,10H,6-9,11H2,1-3H3. The monoisotopic (exact) mass is 366 g/mol. The van der Waals surface area contributed by atoms with E-state index in [9.17, 15) is 24.5 Å². The van der Waals surface area contributed by atoms with Gasteiger partial charge in [-0.25, -0.2) is 4.79 Å². The van der Waals surface area contributed by atoms with E-state index in [0.717, 1.165) is 22.9 Å². The van der Waals surface area contributed by atoms with Crippen molar-refractivity contribution in [1.29, 1.82) is 0 Å². The van der Waals surface area contributed by atoms with Gasteiger partial charge < -0.3 is 14.5 Å². The highest BCUT2D eigenvalue weighted by molar-refractivity contribution is 5.76. The number of nitrogens with zero attached hydrogens (tertiary/aromatic N) is 4. The fourth-order valence-corrected chi connectivity index (χ4v) is 2.46. The molecule has 1 aromatic heterocycles. The van der Waals surface area contributed by atoms with Gasteiger partial charge in [0.1, 0.15) is 12.1 Å². The first-order valence-electron chi connectivity index (χ1n) is 8.17. The van der Waals surface area contributed by atoms with Crippen LogP contribution in [0.5, 0.6) is 0 Å². The Kier molecular flexibility index (Phi) is 5.63. The number of aromatic nitrogens is 1. The summed E-state index contributed by atoms with van der Waals surface area (Å²) in [5.74, 6) is -0.337. The molecule has 0 radical (unpaired) electrons. The van der Waals surface area contributed by atoms with Gasteiger partial charge in [-0.05, 0) is 20.8 Å². The number of rotatable bonds is 3. The molecule has 1 aliphatic rings. The lowest BCUT2D eigenvalue weighted by Crippen LogP contribution is -2.52. The number of amides is 2. The minimum atomic E-state index is -0.625. The molecular formula is C16H22N4O6. The summed E-state index contributed by atoms with van der Waals surface area (Å²) in [4.78, 5) is 49.4. The minimum absolute atomic E-state index is 0.257. The average molecular weight is 366 g/mol. The van der Waals surface area contributed by atoms with Crippen molar-refractivity contribution >= 4 is 17.7 Å². The largest absolute Gasteiger partial charge is 0.444 e. The molecule has 10 heteroatoms. The number of carbonyl (C=O) groups is 2. The van der Waals surface area contributed by atoms with Crippen LogP contribution in [0.1, 0.15) is 20.8 Å². The third-order valence-corrected chi connectivity index (χ3v) is 3.77. The quantitative estimate of drug-likeness (QED) is 0.578. The number of carbonyl (C=O) groups excluding carboxylic acids is 2. The van der Waals surface area contributed by atoms with Crippen molar-refractivity contribution in [3.05, 3.63) is 38.8 Å². The van der Waals surface area contributed by atoms with Gasteiger partial charge in [0, 0.05) is 38.3 Å². The zero-order valence-electron chi connectivity index (χ0n) is 15.0. The van der Waals surface area contributed by atoms with Crippen molar-refractivity contribution in [1.82, 2.24) is 14.4 Å². The fraction of sp³-hybridized carbons (Fsp3) is 0.562. The van der Waals surface area contributed by atoms with E-state index in [-0.39, 0.29) is 18.1 Å². The summed E-state index contributed by atoms with van der Waals surface area (Å²) in [6, 6.07) is 2.16. The van der Waals surface area contributed by atoms with E-state index >= 15 is 0 Å². The molecule has 2 heterocycles. The Morgan fingerprint density at radius 3 is 2.27 bits per heavy atom. The fourth-order valence-electron chi connectivity index (χ4n) is 2.46. The van der Waals surface area contributed by atoms with E-state index in [1.54, 1.807) is 20.8 Å². The number of piperazine rings is 1. The van der Waals surface area contributed by atoms with Crippen LogP contribution >= 0.6 is 0 Å². The van der Waals surface area contributed by atoms with Crippen LogP contribution in [0.15, 0.2) is 23.1 Å². The van der Waals surface area contributed by atoms with Gasteiger partial charge in [0.2, 0.25) is 5.91 Å². The Labute approximate surface area is 150 Å². The molecule has 26 heavy (non-hydrogen) atoms. The Morgan fingerprint density at radius 1 is 1.15 bits per heavy atom. The van der Waals surface area contributed by atoms with Crippen LogP contribution in [-0.2, 0) is 16.1 Å². The molecule has 1 aliphatic heterocycles. The Hall–Kier alpha value is -2.91. The zero-order valence-corrected chi connectivity index (χ0v) is 15.0. The first kappa shape index (κ1) is 19.4. The molecule has 0 atom stereocenters. The molecule has 1 fully saturated rings. The van der Waals surface area contributed by atoms with E-state index < -0.39 is 22.2 Å². The molecule has 1 saturated heterocycles. The van der Waals surface area contributed by atoms with Gasteiger partial charge in [-0.2, -0.15) is 0 Å². The van der Waals surface area contributed by atoms with Crippen LogP contribution in [0.25, 0.3) is 0 Å². The van der Waals surface area contributed by atoms with Gasteiger partial charge in [0.15, 0.2) is 0 Å². The van der Waals surface area contributed by atoms with Crippen molar-refractivity contribution in [3.8, 4) is 0 Å². The van der Waals surface area contributed by atoms with Gasteiger partial charge in [-0.3, -0.25) is 24.3 Å². The molecule has 2 amide bonds. The maximum absolute atomic E-state index is 12.4. The van der Waals surface area contributed by atoms with Crippen LogP contribution in [0.3, 0.4) is 0 Å². The SMILES string of the molecule is CC(C)(C)OC(=O)N1CCN(C(=O)Cn2cc([N+](=O)[O-])ccc2=O)CC1. The summed E-state index contributed by atoms with van der Waals surface area (Å²) in [5.41, 5.74) is -1.34. The van der Waals surface area contributed by atoms with Crippen LogP contribution in [0.2, 0.25) is 0 Å². The molecule has 0 N–H and O–H groups in total. The summed E-state index contributed by atoms with van der Waals surface area (Å²) < 4.78 is 6.31.